The zero-order valence-corrected chi connectivity index (χ0v) is 18.8. The van der Waals surface area contributed by atoms with Gasteiger partial charge in [0.15, 0.2) is 0 Å². The number of halogens is 1. The van der Waals surface area contributed by atoms with Crippen molar-refractivity contribution in [2.45, 2.75) is 19.4 Å². The highest BCUT2D eigenvalue weighted by Gasteiger charge is 2.27. The lowest BCUT2D eigenvalue weighted by Crippen LogP contribution is -2.10. The normalized spacial score (nSPS) is 13.7. The van der Waals surface area contributed by atoms with E-state index in [0.717, 1.165) is 34.2 Å². The van der Waals surface area contributed by atoms with Crippen molar-refractivity contribution in [3.05, 3.63) is 116 Å². The van der Waals surface area contributed by atoms with E-state index in [1.54, 1.807) is 12.1 Å². The number of hydrogen-bond acceptors (Lipinski definition) is 5. The van der Waals surface area contributed by atoms with Crippen molar-refractivity contribution < 1.29 is 14.5 Å². The lowest BCUT2D eigenvalue weighted by molar-refractivity contribution is -0.384. The minimum atomic E-state index is -0.469. The van der Waals surface area contributed by atoms with Crippen LogP contribution < -0.4 is 0 Å². The standard InChI is InChI=1S/C27H19ClN2O4/c28-20-11-8-17(9-12-20)14-19-10-13-23-25(22-6-1-2-7-24(22)29-26(19)23)27(31)34-16-18-4-3-5-21(15-18)30(32)33/h1-9,11-12,14-15H,10,13,16H2. The minimum Gasteiger partial charge on any atom is -0.457 e. The van der Waals surface area contributed by atoms with Crippen LogP contribution in [0.2, 0.25) is 5.02 Å². The maximum absolute atomic E-state index is 13.3. The molecule has 0 amide bonds. The van der Waals surface area contributed by atoms with Gasteiger partial charge >= 0.3 is 5.97 Å². The molecule has 1 aliphatic carbocycles. The van der Waals surface area contributed by atoms with Gasteiger partial charge in [-0.1, -0.05) is 54.1 Å². The molecule has 1 aromatic heterocycles. The number of nitrogens with zero attached hydrogens (tertiary/aromatic N) is 2. The number of fused-ring (bicyclic) bond motifs is 2. The molecule has 5 rings (SSSR count). The van der Waals surface area contributed by atoms with Gasteiger partial charge in [0, 0.05) is 22.5 Å². The number of carbonyl (C=O) groups is 1. The summed E-state index contributed by atoms with van der Waals surface area (Å²) >= 11 is 6.01. The molecule has 0 unspecified atom stereocenters. The topological polar surface area (TPSA) is 82.3 Å². The summed E-state index contributed by atoms with van der Waals surface area (Å²) in [6.07, 6.45) is 3.50. The predicted molar refractivity (Wildman–Crippen MR) is 132 cm³/mol. The van der Waals surface area contributed by atoms with Crippen molar-refractivity contribution in [2.75, 3.05) is 0 Å². The number of para-hydroxylation sites is 1. The van der Waals surface area contributed by atoms with Crippen LogP contribution in [0, 0.1) is 10.1 Å². The van der Waals surface area contributed by atoms with Crippen molar-refractivity contribution in [3.8, 4) is 0 Å². The third-order valence-corrected chi connectivity index (χ3v) is 6.10. The Bertz CT molecular complexity index is 1460. The number of hydrogen-bond donors (Lipinski definition) is 0. The average Bonchev–Trinajstić information content (AvgIpc) is 3.24. The number of aromatic nitrogens is 1. The fourth-order valence-electron chi connectivity index (χ4n) is 4.25. The van der Waals surface area contributed by atoms with Crippen LogP contribution >= 0.6 is 11.6 Å². The van der Waals surface area contributed by atoms with Crippen LogP contribution in [0.5, 0.6) is 0 Å². The van der Waals surface area contributed by atoms with Crippen molar-refractivity contribution in [3.63, 3.8) is 0 Å². The van der Waals surface area contributed by atoms with Crippen LogP contribution in [0.15, 0.2) is 72.8 Å². The number of nitro groups is 1. The van der Waals surface area contributed by atoms with E-state index in [1.165, 1.54) is 12.1 Å². The molecule has 0 atom stereocenters. The summed E-state index contributed by atoms with van der Waals surface area (Å²) in [5.74, 6) is -0.464. The number of rotatable bonds is 5. The second-order valence-corrected chi connectivity index (χ2v) is 8.49. The lowest BCUT2D eigenvalue weighted by atomic mass is 10.0. The van der Waals surface area contributed by atoms with Crippen LogP contribution in [-0.2, 0) is 17.8 Å². The van der Waals surface area contributed by atoms with Gasteiger partial charge in [-0.2, -0.15) is 0 Å². The van der Waals surface area contributed by atoms with Crippen LogP contribution in [0.25, 0.3) is 22.6 Å². The summed E-state index contributed by atoms with van der Waals surface area (Å²) in [5.41, 5.74) is 5.46. The smallest absolute Gasteiger partial charge is 0.339 e. The first-order valence-corrected chi connectivity index (χ1v) is 11.2. The Morgan fingerprint density at radius 1 is 1.06 bits per heavy atom. The molecule has 0 fully saturated rings. The number of carbonyl (C=O) groups excluding carboxylic acids is 1. The fourth-order valence-corrected chi connectivity index (χ4v) is 4.38. The SMILES string of the molecule is O=C(OCc1cccc([N+](=O)[O-])c1)c1c2c(nc3ccccc13)C(=Cc1ccc(Cl)cc1)CC2. The molecule has 168 valence electrons. The number of non-ortho nitro benzene ring substituents is 1. The van der Waals surface area contributed by atoms with Crippen molar-refractivity contribution >= 4 is 45.8 Å². The van der Waals surface area contributed by atoms with Crippen molar-refractivity contribution in [2.24, 2.45) is 0 Å². The molecule has 0 bridgehead atoms. The summed E-state index contributed by atoms with van der Waals surface area (Å²) < 4.78 is 5.63. The molecule has 3 aromatic carbocycles. The van der Waals surface area contributed by atoms with Gasteiger partial charge in [-0.15, -0.1) is 0 Å². The van der Waals surface area contributed by atoms with E-state index in [2.05, 4.69) is 6.08 Å². The first kappa shape index (κ1) is 21.8. The number of benzene rings is 3. The van der Waals surface area contributed by atoms with Crippen LogP contribution in [0.1, 0.15) is 39.2 Å². The number of nitro benzene ring substituents is 1. The molecule has 6 nitrogen and oxygen atoms in total. The first-order chi connectivity index (χ1) is 16.5. The molecule has 0 saturated carbocycles. The molecule has 0 aliphatic heterocycles. The maximum atomic E-state index is 13.3. The highest BCUT2D eigenvalue weighted by atomic mass is 35.5. The van der Waals surface area contributed by atoms with Gasteiger partial charge < -0.3 is 4.74 Å². The Hall–Kier alpha value is -4.03. The molecule has 7 heteroatoms. The number of esters is 1. The summed E-state index contributed by atoms with van der Waals surface area (Å²) in [7, 11) is 0. The number of pyridine rings is 1. The minimum absolute atomic E-state index is 0.0409. The first-order valence-electron chi connectivity index (χ1n) is 10.8. The fraction of sp³-hybridized carbons (Fsp3) is 0.111. The van der Waals surface area contributed by atoms with Gasteiger partial charge in [0.1, 0.15) is 6.61 Å². The highest BCUT2D eigenvalue weighted by Crippen LogP contribution is 2.38. The molecular formula is C27H19ClN2O4. The van der Waals surface area contributed by atoms with E-state index >= 15 is 0 Å². The zero-order chi connectivity index (χ0) is 23.7. The third-order valence-electron chi connectivity index (χ3n) is 5.85. The van der Waals surface area contributed by atoms with Crippen LogP contribution in [0.4, 0.5) is 5.69 Å². The van der Waals surface area contributed by atoms with Gasteiger partial charge in [0.05, 0.1) is 21.7 Å². The second-order valence-electron chi connectivity index (χ2n) is 8.06. The number of allylic oxidation sites excluding steroid dienone is 1. The molecule has 34 heavy (non-hydrogen) atoms. The summed E-state index contributed by atoms with van der Waals surface area (Å²) in [6.45, 7) is -0.0561. The number of ether oxygens (including phenoxy) is 1. The molecular weight excluding hydrogens is 452 g/mol. The Morgan fingerprint density at radius 2 is 1.85 bits per heavy atom. The largest absolute Gasteiger partial charge is 0.457 e. The Kier molecular flexibility index (Phi) is 5.82. The van der Waals surface area contributed by atoms with Crippen LogP contribution in [0.3, 0.4) is 0 Å². The molecule has 1 heterocycles. The van der Waals surface area contributed by atoms with Crippen molar-refractivity contribution in [1.29, 1.82) is 0 Å². The molecule has 0 saturated heterocycles. The van der Waals surface area contributed by atoms with Crippen molar-refractivity contribution in [1.82, 2.24) is 4.98 Å². The summed E-state index contributed by atoms with van der Waals surface area (Å²) in [6, 6.07) is 21.2. The third kappa shape index (κ3) is 4.28. The van der Waals surface area contributed by atoms with Gasteiger partial charge in [0.25, 0.3) is 5.69 Å². The lowest BCUT2D eigenvalue weighted by Gasteiger charge is -2.12. The van der Waals surface area contributed by atoms with E-state index in [9.17, 15) is 14.9 Å². The zero-order valence-electron chi connectivity index (χ0n) is 18.0. The van der Waals surface area contributed by atoms with Gasteiger partial charge in [-0.05, 0) is 59.4 Å². The quantitative estimate of drug-likeness (QED) is 0.185. The van der Waals surface area contributed by atoms with Crippen LogP contribution in [-0.4, -0.2) is 15.9 Å². The summed E-state index contributed by atoms with van der Waals surface area (Å²) in [4.78, 5) is 28.7. The van der Waals surface area contributed by atoms with E-state index in [-0.39, 0.29) is 12.3 Å². The van der Waals surface area contributed by atoms with E-state index < -0.39 is 10.9 Å². The van der Waals surface area contributed by atoms with E-state index in [1.807, 2.05) is 48.5 Å². The molecule has 1 aliphatic rings. The summed E-state index contributed by atoms with van der Waals surface area (Å²) in [5, 5.41) is 12.5. The van der Waals surface area contributed by atoms with Gasteiger partial charge in [-0.3, -0.25) is 10.1 Å². The molecule has 0 radical (unpaired) electrons. The average molecular weight is 471 g/mol. The van der Waals surface area contributed by atoms with E-state index in [4.69, 9.17) is 21.3 Å². The van der Waals surface area contributed by atoms with E-state index in [0.29, 0.717) is 28.1 Å². The highest BCUT2D eigenvalue weighted by molar-refractivity contribution is 6.30. The van der Waals surface area contributed by atoms with Gasteiger partial charge in [0.2, 0.25) is 0 Å². The molecule has 0 spiro atoms. The Labute approximate surface area is 200 Å². The molecule has 4 aromatic rings. The monoisotopic (exact) mass is 470 g/mol. The second kappa shape index (κ2) is 9.08. The maximum Gasteiger partial charge on any atom is 0.339 e. The Balaban J connectivity index is 1.51. The predicted octanol–water partition coefficient (Wildman–Crippen LogP) is 6.64. The Morgan fingerprint density at radius 3 is 2.65 bits per heavy atom. The van der Waals surface area contributed by atoms with Gasteiger partial charge in [-0.25, -0.2) is 9.78 Å². The molecule has 0 N–H and O–H groups in total.